The van der Waals surface area contributed by atoms with Crippen molar-refractivity contribution in [2.24, 2.45) is 0 Å². The molecule has 2 aromatic carbocycles. The van der Waals surface area contributed by atoms with Crippen LogP contribution in [0.5, 0.6) is 0 Å². The molecule has 1 aliphatic rings. The number of ketones is 1. The number of aromatic nitrogens is 2. The van der Waals surface area contributed by atoms with Crippen molar-refractivity contribution in [1.82, 2.24) is 9.97 Å². The summed E-state index contributed by atoms with van der Waals surface area (Å²) in [7, 11) is 0. The van der Waals surface area contributed by atoms with Crippen LogP contribution in [0.1, 0.15) is 36.5 Å². The third kappa shape index (κ3) is 3.25. The Morgan fingerprint density at radius 2 is 1.64 bits per heavy atom. The van der Waals surface area contributed by atoms with Crippen molar-refractivity contribution < 1.29 is 4.79 Å². The van der Waals surface area contributed by atoms with Gasteiger partial charge in [0.2, 0.25) is 0 Å². The SMILES string of the molecule is CC(=O)c1ccc(-c2ccc3ncc(N4CCCCC4)nc3c2)cc1. The first-order valence-electron chi connectivity index (χ1n) is 8.84. The number of hydrogen-bond donors (Lipinski definition) is 0. The molecule has 0 amide bonds. The van der Waals surface area contributed by atoms with Crippen LogP contribution in [0.4, 0.5) is 5.82 Å². The second-order valence-electron chi connectivity index (χ2n) is 6.61. The normalized spacial score (nSPS) is 14.7. The Bertz CT molecular complexity index is 912. The van der Waals surface area contributed by atoms with Crippen LogP contribution in [0.15, 0.2) is 48.7 Å². The predicted octanol–water partition coefficient (Wildman–Crippen LogP) is 4.49. The van der Waals surface area contributed by atoms with Gasteiger partial charge in [-0.1, -0.05) is 30.3 Å². The molecule has 3 aromatic rings. The van der Waals surface area contributed by atoms with Crippen molar-refractivity contribution >= 4 is 22.6 Å². The second-order valence-corrected chi connectivity index (χ2v) is 6.61. The van der Waals surface area contributed by atoms with Crippen LogP contribution in [0.2, 0.25) is 0 Å². The molecule has 1 aliphatic heterocycles. The van der Waals surface area contributed by atoms with E-state index in [0.717, 1.165) is 46.6 Å². The average molecular weight is 331 g/mol. The third-order valence-corrected chi connectivity index (χ3v) is 4.83. The maximum atomic E-state index is 11.4. The largest absolute Gasteiger partial charge is 0.355 e. The number of carbonyl (C=O) groups excluding carboxylic acids is 1. The molecule has 0 bridgehead atoms. The molecule has 1 saturated heterocycles. The van der Waals surface area contributed by atoms with Gasteiger partial charge in [0.1, 0.15) is 5.82 Å². The van der Waals surface area contributed by atoms with Gasteiger partial charge in [-0.3, -0.25) is 9.78 Å². The number of piperidine rings is 1. The quantitative estimate of drug-likeness (QED) is 0.663. The molecule has 1 fully saturated rings. The lowest BCUT2D eigenvalue weighted by molar-refractivity contribution is 0.101. The van der Waals surface area contributed by atoms with Crippen molar-refractivity contribution in [3.8, 4) is 11.1 Å². The van der Waals surface area contributed by atoms with Crippen LogP contribution in [0.25, 0.3) is 22.2 Å². The Labute approximate surface area is 147 Å². The lowest BCUT2D eigenvalue weighted by atomic mass is 10.0. The zero-order chi connectivity index (χ0) is 17.2. The molecule has 0 aliphatic carbocycles. The highest BCUT2D eigenvalue weighted by Gasteiger charge is 2.13. The maximum absolute atomic E-state index is 11.4. The fourth-order valence-electron chi connectivity index (χ4n) is 3.35. The Morgan fingerprint density at radius 1 is 0.920 bits per heavy atom. The fraction of sp³-hybridized carbons (Fsp3) is 0.286. The minimum atomic E-state index is 0.0853. The standard InChI is InChI=1S/C21H21N3O/c1-15(25)16-5-7-17(8-6-16)18-9-10-19-20(13-18)23-21(14-22-19)24-11-3-2-4-12-24/h5-10,13-14H,2-4,11-12H2,1H3. The van der Waals surface area contributed by atoms with E-state index < -0.39 is 0 Å². The maximum Gasteiger partial charge on any atom is 0.159 e. The van der Waals surface area contributed by atoms with E-state index in [1.54, 1.807) is 6.92 Å². The van der Waals surface area contributed by atoms with Gasteiger partial charge in [-0.25, -0.2) is 4.98 Å². The minimum Gasteiger partial charge on any atom is -0.355 e. The van der Waals surface area contributed by atoms with Gasteiger partial charge in [-0.05, 0) is 49.4 Å². The number of nitrogens with zero attached hydrogens (tertiary/aromatic N) is 3. The van der Waals surface area contributed by atoms with Gasteiger partial charge in [-0.15, -0.1) is 0 Å². The summed E-state index contributed by atoms with van der Waals surface area (Å²) in [6.07, 6.45) is 5.64. The van der Waals surface area contributed by atoms with E-state index in [1.165, 1.54) is 19.3 Å². The van der Waals surface area contributed by atoms with Crippen LogP contribution in [-0.2, 0) is 0 Å². The first-order valence-corrected chi connectivity index (χ1v) is 8.84. The lowest BCUT2D eigenvalue weighted by Crippen LogP contribution is -2.30. The van der Waals surface area contributed by atoms with E-state index >= 15 is 0 Å². The van der Waals surface area contributed by atoms with Crippen molar-refractivity contribution in [2.75, 3.05) is 18.0 Å². The number of hydrogen-bond acceptors (Lipinski definition) is 4. The Hall–Kier alpha value is -2.75. The van der Waals surface area contributed by atoms with E-state index in [0.29, 0.717) is 0 Å². The summed E-state index contributed by atoms with van der Waals surface area (Å²) in [6, 6.07) is 13.9. The van der Waals surface area contributed by atoms with Crippen LogP contribution in [0, 0.1) is 0 Å². The monoisotopic (exact) mass is 331 g/mol. The smallest absolute Gasteiger partial charge is 0.159 e. The summed E-state index contributed by atoms with van der Waals surface area (Å²) < 4.78 is 0. The zero-order valence-electron chi connectivity index (χ0n) is 14.4. The number of anilines is 1. The summed E-state index contributed by atoms with van der Waals surface area (Å²) in [5.74, 6) is 1.05. The van der Waals surface area contributed by atoms with Gasteiger partial charge >= 0.3 is 0 Å². The van der Waals surface area contributed by atoms with Crippen LogP contribution in [0.3, 0.4) is 0 Å². The van der Waals surface area contributed by atoms with Crippen LogP contribution < -0.4 is 4.90 Å². The average Bonchev–Trinajstić information content (AvgIpc) is 2.68. The summed E-state index contributed by atoms with van der Waals surface area (Å²) in [4.78, 5) is 23.2. The highest BCUT2D eigenvalue weighted by molar-refractivity contribution is 5.94. The van der Waals surface area contributed by atoms with Crippen LogP contribution in [-0.4, -0.2) is 28.8 Å². The molecular weight excluding hydrogens is 310 g/mol. The van der Waals surface area contributed by atoms with Crippen LogP contribution >= 0.6 is 0 Å². The third-order valence-electron chi connectivity index (χ3n) is 4.83. The van der Waals surface area contributed by atoms with E-state index in [4.69, 9.17) is 4.98 Å². The Balaban J connectivity index is 1.69. The molecule has 126 valence electrons. The van der Waals surface area contributed by atoms with Crippen molar-refractivity contribution in [1.29, 1.82) is 0 Å². The molecule has 4 rings (SSSR count). The van der Waals surface area contributed by atoms with E-state index in [-0.39, 0.29) is 5.78 Å². The summed E-state index contributed by atoms with van der Waals surface area (Å²) in [5.41, 5.74) is 4.72. The lowest BCUT2D eigenvalue weighted by Gasteiger charge is -2.27. The number of benzene rings is 2. The molecule has 0 spiro atoms. The fourth-order valence-corrected chi connectivity index (χ4v) is 3.35. The molecule has 4 heteroatoms. The first-order chi connectivity index (χ1) is 12.2. The number of Topliss-reactive ketones (excluding diaryl/α,β-unsaturated/α-hetero) is 1. The molecule has 2 heterocycles. The molecule has 0 N–H and O–H groups in total. The Morgan fingerprint density at radius 3 is 2.36 bits per heavy atom. The molecule has 4 nitrogen and oxygen atoms in total. The van der Waals surface area contributed by atoms with Gasteiger partial charge in [0.25, 0.3) is 0 Å². The van der Waals surface area contributed by atoms with Gasteiger partial charge in [0.15, 0.2) is 5.78 Å². The molecule has 0 unspecified atom stereocenters. The van der Waals surface area contributed by atoms with Crippen molar-refractivity contribution in [3.05, 3.63) is 54.2 Å². The molecule has 25 heavy (non-hydrogen) atoms. The molecular formula is C21H21N3O. The zero-order valence-corrected chi connectivity index (χ0v) is 14.4. The van der Waals surface area contributed by atoms with Gasteiger partial charge < -0.3 is 4.90 Å². The molecule has 0 saturated carbocycles. The topological polar surface area (TPSA) is 46.1 Å². The molecule has 0 radical (unpaired) electrons. The predicted molar refractivity (Wildman–Crippen MR) is 101 cm³/mol. The number of rotatable bonds is 3. The molecule has 1 aromatic heterocycles. The highest BCUT2D eigenvalue weighted by Crippen LogP contribution is 2.25. The first kappa shape index (κ1) is 15.8. The number of fused-ring (bicyclic) bond motifs is 1. The van der Waals surface area contributed by atoms with Gasteiger partial charge in [-0.2, -0.15) is 0 Å². The highest BCUT2D eigenvalue weighted by atomic mass is 16.1. The second kappa shape index (κ2) is 6.63. The summed E-state index contributed by atoms with van der Waals surface area (Å²) >= 11 is 0. The summed E-state index contributed by atoms with van der Waals surface area (Å²) in [5, 5.41) is 0. The van der Waals surface area contributed by atoms with E-state index in [1.807, 2.05) is 36.5 Å². The van der Waals surface area contributed by atoms with Gasteiger partial charge in [0, 0.05) is 18.7 Å². The minimum absolute atomic E-state index is 0.0853. The molecule has 0 atom stereocenters. The Kier molecular flexibility index (Phi) is 4.18. The van der Waals surface area contributed by atoms with Crippen molar-refractivity contribution in [2.45, 2.75) is 26.2 Å². The van der Waals surface area contributed by atoms with E-state index in [9.17, 15) is 4.79 Å². The number of carbonyl (C=O) groups is 1. The van der Waals surface area contributed by atoms with Gasteiger partial charge in [0.05, 0.1) is 17.2 Å². The van der Waals surface area contributed by atoms with E-state index in [2.05, 4.69) is 22.0 Å². The van der Waals surface area contributed by atoms with Crippen molar-refractivity contribution in [3.63, 3.8) is 0 Å². The summed E-state index contributed by atoms with van der Waals surface area (Å²) in [6.45, 7) is 3.71.